The highest BCUT2D eigenvalue weighted by Crippen LogP contribution is 2.41. The SMILES string of the molecule is Cc1cccc(C)c1Sc1cc(N)c(O)c(-c2ccccc2)c1. The molecule has 3 heteroatoms. The van der Waals surface area contributed by atoms with Crippen LogP contribution >= 0.6 is 11.8 Å². The van der Waals surface area contributed by atoms with Crippen molar-refractivity contribution in [2.24, 2.45) is 0 Å². The Bertz CT molecular complexity index is 824. The van der Waals surface area contributed by atoms with E-state index in [1.165, 1.54) is 16.0 Å². The van der Waals surface area contributed by atoms with Gasteiger partial charge in [0, 0.05) is 15.4 Å². The van der Waals surface area contributed by atoms with Crippen LogP contribution in [0.5, 0.6) is 5.75 Å². The summed E-state index contributed by atoms with van der Waals surface area (Å²) in [5, 5.41) is 10.3. The van der Waals surface area contributed by atoms with Crippen LogP contribution in [-0.4, -0.2) is 5.11 Å². The minimum absolute atomic E-state index is 0.141. The molecule has 3 aromatic carbocycles. The summed E-state index contributed by atoms with van der Waals surface area (Å²) in [5.41, 5.74) is 10.6. The van der Waals surface area contributed by atoms with Crippen LogP contribution in [0.1, 0.15) is 11.1 Å². The maximum Gasteiger partial charge on any atom is 0.146 e. The predicted molar refractivity (Wildman–Crippen MR) is 98.0 cm³/mol. The van der Waals surface area contributed by atoms with Gasteiger partial charge in [0.25, 0.3) is 0 Å². The maximum absolute atomic E-state index is 10.3. The van der Waals surface area contributed by atoms with Gasteiger partial charge in [0.2, 0.25) is 0 Å². The molecule has 116 valence electrons. The van der Waals surface area contributed by atoms with Crippen molar-refractivity contribution >= 4 is 17.4 Å². The molecule has 23 heavy (non-hydrogen) atoms. The summed E-state index contributed by atoms with van der Waals surface area (Å²) in [6.45, 7) is 4.22. The summed E-state index contributed by atoms with van der Waals surface area (Å²) in [6, 6.07) is 19.9. The van der Waals surface area contributed by atoms with Crippen molar-refractivity contribution in [2.75, 3.05) is 5.73 Å². The standard InChI is InChI=1S/C20H19NOS/c1-13-7-6-8-14(2)20(13)23-16-11-17(19(22)18(21)12-16)15-9-4-3-5-10-15/h3-12,22H,21H2,1-2H3. The molecule has 0 saturated heterocycles. The molecule has 0 aromatic heterocycles. The molecule has 0 radical (unpaired) electrons. The van der Waals surface area contributed by atoms with Crippen molar-refractivity contribution in [3.05, 3.63) is 71.8 Å². The molecule has 0 atom stereocenters. The topological polar surface area (TPSA) is 46.2 Å². The van der Waals surface area contributed by atoms with E-state index in [4.69, 9.17) is 5.73 Å². The number of anilines is 1. The summed E-state index contributed by atoms with van der Waals surface area (Å²) >= 11 is 1.68. The van der Waals surface area contributed by atoms with E-state index >= 15 is 0 Å². The highest BCUT2D eigenvalue weighted by molar-refractivity contribution is 7.99. The number of aryl methyl sites for hydroxylation is 2. The molecule has 0 aliphatic heterocycles. The Labute approximate surface area is 141 Å². The molecule has 0 unspecified atom stereocenters. The summed E-state index contributed by atoms with van der Waals surface area (Å²) in [5.74, 6) is 0.141. The molecule has 0 bridgehead atoms. The number of benzene rings is 3. The van der Waals surface area contributed by atoms with Crippen LogP contribution in [0.2, 0.25) is 0 Å². The van der Waals surface area contributed by atoms with Gasteiger partial charge in [-0.2, -0.15) is 0 Å². The first-order valence-electron chi connectivity index (χ1n) is 7.48. The summed E-state index contributed by atoms with van der Waals surface area (Å²) in [6.07, 6.45) is 0. The molecular weight excluding hydrogens is 302 g/mol. The zero-order valence-corrected chi connectivity index (χ0v) is 14.0. The monoisotopic (exact) mass is 321 g/mol. The molecule has 0 fully saturated rings. The van der Waals surface area contributed by atoms with Crippen LogP contribution in [0, 0.1) is 13.8 Å². The molecule has 3 rings (SSSR count). The van der Waals surface area contributed by atoms with Crippen LogP contribution in [0.4, 0.5) is 5.69 Å². The van der Waals surface area contributed by atoms with Gasteiger partial charge in [0.15, 0.2) is 0 Å². The van der Waals surface area contributed by atoms with Gasteiger partial charge in [-0.05, 0) is 42.7 Å². The van der Waals surface area contributed by atoms with Crippen molar-refractivity contribution in [3.63, 3.8) is 0 Å². The Balaban J connectivity index is 2.06. The van der Waals surface area contributed by atoms with E-state index < -0.39 is 0 Å². The van der Waals surface area contributed by atoms with Gasteiger partial charge in [-0.15, -0.1) is 0 Å². The van der Waals surface area contributed by atoms with Gasteiger partial charge in [-0.1, -0.05) is 60.3 Å². The first-order valence-corrected chi connectivity index (χ1v) is 8.30. The molecule has 0 amide bonds. The van der Waals surface area contributed by atoms with Crippen molar-refractivity contribution in [1.29, 1.82) is 0 Å². The molecule has 0 spiro atoms. The third kappa shape index (κ3) is 3.20. The number of nitrogens with two attached hydrogens (primary N) is 1. The Kier molecular flexibility index (Phi) is 4.30. The first kappa shape index (κ1) is 15.5. The molecule has 0 heterocycles. The summed E-state index contributed by atoms with van der Waals surface area (Å²) in [7, 11) is 0. The molecule has 3 N–H and O–H groups in total. The normalized spacial score (nSPS) is 10.7. The van der Waals surface area contributed by atoms with E-state index in [0.717, 1.165) is 16.0 Å². The van der Waals surface area contributed by atoms with Crippen LogP contribution in [0.25, 0.3) is 11.1 Å². The number of hydrogen-bond acceptors (Lipinski definition) is 3. The molecule has 3 aromatic rings. The smallest absolute Gasteiger partial charge is 0.146 e. The number of rotatable bonds is 3. The predicted octanol–water partition coefficient (Wildman–Crippen LogP) is 5.41. The Morgan fingerprint density at radius 1 is 0.870 bits per heavy atom. The highest BCUT2D eigenvalue weighted by atomic mass is 32.2. The number of hydrogen-bond donors (Lipinski definition) is 2. The highest BCUT2D eigenvalue weighted by Gasteiger charge is 2.12. The van der Waals surface area contributed by atoms with E-state index in [0.29, 0.717) is 5.69 Å². The Morgan fingerprint density at radius 2 is 1.52 bits per heavy atom. The van der Waals surface area contributed by atoms with Crippen molar-refractivity contribution < 1.29 is 5.11 Å². The van der Waals surface area contributed by atoms with Crippen LogP contribution in [-0.2, 0) is 0 Å². The quantitative estimate of drug-likeness (QED) is 0.501. The second-order valence-electron chi connectivity index (χ2n) is 5.60. The van der Waals surface area contributed by atoms with Crippen LogP contribution in [0.15, 0.2) is 70.5 Å². The van der Waals surface area contributed by atoms with Gasteiger partial charge in [-0.3, -0.25) is 0 Å². The fourth-order valence-electron chi connectivity index (χ4n) is 2.60. The molecule has 0 saturated carbocycles. The third-order valence-electron chi connectivity index (χ3n) is 3.83. The Morgan fingerprint density at radius 3 is 2.17 bits per heavy atom. The second-order valence-corrected chi connectivity index (χ2v) is 6.68. The lowest BCUT2D eigenvalue weighted by Crippen LogP contribution is -1.91. The zero-order valence-electron chi connectivity index (χ0n) is 13.2. The second kappa shape index (κ2) is 6.39. The number of phenols is 1. The summed E-state index contributed by atoms with van der Waals surface area (Å²) < 4.78 is 0. The van der Waals surface area contributed by atoms with Gasteiger partial charge >= 0.3 is 0 Å². The number of phenolic OH excluding ortho intramolecular Hbond substituents is 1. The largest absolute Gasteiger partial charge is 0.505 e. The number of aromatic hydroxyl groups is 1. The minimum Gasteiger partial charge on any atom is -0.505 e. The van der Waals surface area contributed by atoms with Gasteiger partial charge in [-0.25, -0.2) is 0 Å². The third-order valence-corrected chi connectivity index (χ3v) is 5.15. The van der Waals surface area contributed by atoms with E-state index in [1.807, 2.05) is 42.5 Å². The fourth-order valence-corrected chi connectivity index (χ4v) is 3.66. The van der Waals surface area contributed by atoms with Crippen LogP contribution < -0.4 is 5.73 Å². The van der Waals surface area contributed by atoms with Gasteiger partial charge < -0.3 is 10.8 Å². The molecule has 0 aliphatic rings. The van der Waals surface area contributed by atoms with Crippen molar-refractivity contribution in [3.8, 4) is 16.9 Å². The first-order chi connectivity index (χ1) is 11.1. The average Bonchev–Trinajstić information content (AvgIpc) is 2.55. The van der Waals surface area contributed by atoms with Crippen LogP contribution in [0.3, 0.4) is 0 Å². The maximum atomic E-state index is 10.3. The molecule has 2 nitrogen and oxygen atoms in total. The lowest BCUT2D eigenvalue weighted by atomic mass is 10.0. The lowest BCUT2D eigenvalue weighted by molar-refractivity contribution is 0.479. The fraction of sp³-hybridized carbons (Fsp3) is 0.100. The van der Waals surface area contributed by atoms with Crippen molar-refractivity contribution in [1.82, 2.24) is 0 Å². The zero-order chi connectivity index (χ0) is 16.4. The average molecular weight is 321 g/mol. The van der Waals surface area contributed by atoms with E-state index in [1.54, 1.807) is 11.8 Å². The van der Waals surface area contributed by atoms with Gasteiger partial charge in [0.05, 0.1) is 5.69 Å². The Hall–Kier alpha value is -2.39. The van der Waals surface area contributed by atoms with E-state index in [9.17, 15) is 5.11 Å². The molecule has 0 aliphatic carbocycles. The van der Waals surface area contributed by atoms with E-state index in [-0.39, 0.29) is 5.75 Å². The lowest BCUT2D eigenvalue weighted by Gasteiger charge is -2.13. The minimum atomic E-state index is 0.141. The molecular formula is C20H19NOS. The van der Waals surface area contributed by atoms with Gasteiger partial charge in [0.1, 0.15) is 5.75 Å². The summed E-state index contributed by atoms with van der Waals surface area (Å²) in [4.78, 5) is 2.26. The van der Waals surface area contributed by atoms with E-state index in [2.05, 4.69) is 32.0 Å². The number of nitrogen functional groups attached to an aromatic ring is 1. The van der Waals surface area contributed by atoms with Crippen molar-refractivity contribution in [2.45, 2.75) is 23.6 Å².